The number of nitrogens with one attached hydrogen (secondary N) is 1. The molecule has 0 atom stereocenters. The van der Waals surface area contributed by atoms with E-state index in [1.165, 1.54) is 33.0 Å². The second-order valence-corrected chi connectivity index (χ2v) is 19.1. The Hall–Kier alpha value is -7.43. The largest absolute Gasteiger partial charge is 0.353 e. The van der Waals surface area contributed by atoms with Crippen LogP contribution in [-0.4, -0.2) is 19.9 Å². The molecular weight excluding hydrogens is 765 g/mol. The van der Waals surface area contributed by atoms with E-state index >= 15 is 0 Å². The van der Waals surface area contributed by atoms with Gasteiger partial charge in [0.15, 0.2) is 0 Å². The molecule has 0 saturated carbocycles. The van der Waals surface area contributed by atoms with Gasteiger partial charge in [-0.05, 0) is 127 Å². The van der Waals surface area contributed by atoms with Crippen molar-refractivity contribution < 1.29 is 0 Å². The maximum atomic E-state index is 5.60. The van der Waals surface area contributed by atoms with Crippen LogP contribution in [0, 0.1) is 0 Å². The number of fused-ring (bicyclic) bond motifs is 11. The molecule has 0 radical (unpaired) electrons. The third kappa shape index (κ3) is 7.02. The van der Waals surface area contributed by atoms with Gasteiger partial charge < -0.3 is 4.98 Å². The van der Waals surface area contributed by atoms with E-state index in [0.29, 0.717) is 0 Å². The number of aromatic amines is 1. The highest BCUT2D eigenvalue weighted by molar-refractivity contribution is 6.16. The molecule has 5 heterocycles. The van der Waals surface area contributed by atoms with Crippen molar-refractivity contribution in [2.24, 2.45) is 0 Å². The average molecular weight is 813 g/mol. The molecule has 1 aliphatic rings. The zero-order valence-corrected chi connectivity index (χ0v) is 36.6. The maximum Gasteiger partial charge on any atom is 0.0901 e. The lowest BCUT2D eigenvalue weighted by molar-refractivity contribution is 0.590. The lowest BCUT2D eigenvalue weighted by Gasteiger charge is -2.22. The Balaban J connectivity index is 1.28. The third-order valence-electron chi connectivity index (χ3n) is 12.6. The molecule has 0 saturated heterocycles. The van der Waals surface area contributed by atoms with Gasteiger partial charge in [0.2, 0.25) is 0 Å². The fourth-order valence-corrected chi connectivity index (χ4v) is 9.01. The zero-order valence-electron chi connectivity index (χ0n) is 36.6. The molecule has 4 aromatic heterocycles. The average Bonchev–Trinajstić information content (AvgIpc) is 3.69. The minimum absolute atomic E-state index is 0.124. The third-order valence-corrected chi connectivity index (χ3v) is 12.6. The van der Waals surface area contributed by atoms with E-state index in [1.807, 2.05) is 0 Å². The zero-order chi connectivity index (χ0) is 43.0. The molecule has 0 amide bonds. The van der Waals surface area contributed by atoms with Crippen LogP contribution < -0.4 is 0 Å². The van der Waals surface area contributed by atoms with Crippen molar-refractivity contribution in [3.8, 4) is 89.8 Å². The van der Waals surface area contributed by atoms with Gasteiger partial charge in [-0.2, -0.15) is 0 Å². The van der Waals surface area contributed by atoms with Crippen LogP contribution in [0.5, 0.6) is 0 Å². The monoisotopic (exact) mass is 812 g/mol. The Morgan fingerprint density at radius 1 is 0.302 bits per heavy atom. The summed E-state index contributed by atoms with van der Waals surface area (Å²) in [6.45, 7) is 13.8. The van der Waals surface area contributed by atoms with E-state index < -0.39 is 0 Å². The Kier molecular flexibility index (Phi) is 8.92. The Morgan fingerprint density at radius 3 is 0.937 bits per heavy atom. The van der Waals surface area contributed by atoms with E-state index in [-0.39, 0.29) is 10.8 Å². The van der Waals surface area contributed by atoms with Crippen molar-refractivity contribution in [1.29, 1.82) is 0 Å². The van der Waals surface area contributed by atoms with Crippen LogP contribution in [0.25, 0.3) is 112 Å². The van der Waals surface area contributed by atoms with E-state index in [9.17, 15) is 0 Å². The molecule has 0 unspecified atom stereocenters. The molecule has 1 N–H and O–H groups in total. The van der Waals surface area contributed by atoms with Crippen molar-refractivity contribution >= 4 is 21.8 Å². The Labute approximate surface area is 369 Å². The first-order chi connectivity index (χ1) is 30.4. The first-order valence-corrected chi connectivity index (χ1v) is 21.9. The van der Waals surface area contributed by atoms with Crippen molar-refractivity contribution in [3.63, 3.8) is 0 Å². The number of pyridine rings is 3. The summed E-state index contributed by atoms with van der Waals surface area (Å²) in [5.41, 5.74) is 20.4. The standard InChI is InChI=1S/C59H48N4/c1-58(2,3)44-32-46-47-33-45(59(4,5)6)35-49-51-27-42(38-20-14-9-15-21-38)29-53(61-51)55-31-43(40-24-22-39(23-25-40)36-16-10-7-11-17-36)30-54(62-55)52-28-41(37-18-12-8-13-19-37)26-50(60-52)48(34-44)56(46)63-57(47)49/h7-35,63H,1-6H3. The van der Waals surface area contributed by atoms with Crippen molar-refractivity contribution in [2.75, 3.05) is 0 Å². The van der Waals surface area contributed by atoms with Gasteiger partial charge in [-0.1, -0.05) is 157 Å². The van der Waals surface area contributed by atoms with Gasteiger partial charge in [0, 0.05) is 21.9 Å². The Morgan fingerprint density at radius 2 is 0.587 bits per heavy atom. The number of aromatic nitrogens is 4. The lowest BCUT2D eigenvalue weighted by atomic mass is 9.83. The van der Waals surface area contributed by atoms with Crippen molar-refractivity contribution in [1.82, 2.24) is 19.9 Å². The molecule has 0 fully saturated rings. The summed E-state index contributed by atoms with van der Waals surface area (Å²) in [5, 5.41) is 2.37. The summed E-state index contributed by atoms with van der Waals surface area (Å²) in [6.07, 6.45) is 0. The van der Waals surface area contributed by atoms with Gasteiger partial charge in [-0.25, -0.2) is 15.0 Å². The van der Waals surface area contributed by atoms with Gasteiger partial charge in [-0.15, -0.1) is 0 Å². The van der Waals surface area contributed by atoms with Crippen LogP contribution in [0.4, 0.5) is 0 Å². The van der Waals surface area contributed by atoms with Crippen LogP contribution in [0.3, 0.4) is 0 Å². The minimum Gasteiger partial charge on any atom is -0.353 e. The summed E-state index contributed by atoms with van der Waals surface area (Å²) in [5.74, 6) is 0. The summed E-state index contributed by atoms with van der Waals surface area (Å²) >= 11 is 0. The predicted molar refractivity (Wildman–Crippen MR) is 264 cm³/mol. The molecule has 11 rings (SSSR count). The highest BCUT2D eigenvalue weighted by atomic mass is 14.8. The smallest absolute Gasteiger partial charge is 0.0901 e. The fraction of sp³-hybridized carbons (Fsp3) is 0.136. The number of hydrogen-bond acceptors (Lipinski definition) is 3. The van der Waals surface area contributed by atoms with Crippen LogP contribution >= 0.6 is 0 Å². The van der Waals surface area contributed by atoms with E-state index in [2.05, 4.69) is 222 Å². The molecule has 8 bridgehead atoms. The summed E-state index contributed by atoms with van der Waals surface area (Å²) in [6, 6.07) is 63.4. The summed E-state index contributed by atoms with van der Waals surface area (Å²) in [7, 11) is 0. The first-order valence-electron chi connectivity index (χ1n) is 21.9. The van der Waals surface area contributed by atoms with Crippen LogP contribution in [0.1, 0.15) is 52.7 Å². The van der Waals surface area contributed by atoms with Gasteiger partial charge in [0.25, 0.3) is 0 Å². The fourth-order valence-electron chi connectivity index (χ4n) is 9.01. The first kappa shape index (κ1) is 38.5. The highest BCUT2D eigenvalue weighted by Gasteiger charge is 2.26. The number of rotatable bonds is 4. The van der Waals surface area contributed by atoms with Crippen LogP contribution in [0.15, 0.2) is 176 Å². The van der Waals surface area contributed by atoms with Crippen LogP contribution in [0.2, 0.25) is 0 Å². The van der Waals surface area contributed by atoms with Crippen molar-refractivity contribution in [3.05, 3.63) is 187 Å². The van der Waals surface area contributed by atoms with Crippen LogP contribution in [-0.2, 0) is 10.8 Å². The van der Waals surface area contributed by atoms with E-state index in [4.69, 9.17) is 15.0 Å². The number of hydrogen-bond donors (Lipinski definition) is 1. The Bertz CT molecular complexity index is 3190. The minimum atomic E-state index is -0.124. The molecule has 1 aliphatic heterocycles. The molecule has 304 valence electrons. The van der Waals surface area contributed by atoms with E-state index in [0.717, 1.165) is 89.7 Å². The van der Waals surface area contributed by atoms with E-state index in [1.54, 1.807) is 0 Å². The number of nitrogens with zero attached hydrogens (tertiary/aromatic N) is 3. The highest BCUT2D eigenvalue weighted by Crippen LogP contribution is 2.45. The van der Waals surface area contributed by atoms with Gasteiger partial charge in [0.05, 0.1) is 45.2 Å². The molecule has 63 heavy (non-hydrogen) atoms. The molecule has 10 aromatic rings. The predicted octanol–water partition coefficient (Wildman–Crippen LogP) is 15.8. The maximum absolute atomic E-state index is 5.60. The van der Waals surface area contributed by atoms with Gasteiger partial charge >= 0.3 is 0 Å². The normalized spacial score (nSPS) is 12.3. The second-order valence-electron chi connectivity index (χ2n) is 19.1. The second kappa shape index (κ2) is 14.6. The molecule has 6 aromatic carbocycles. The molecule has 4 nitrogen and oxygen atoms in total. The quantitative estimate of drug-likeness (QED) is 0.193. The molecular formula is C59H48N4. The van der Waals surface area contributed by atoms with Crippen molar-refractivity contribution in [2.45, 2.75) is 52.4 Å². The summed E-state index contributed by atoms with van der Waals surface area (Å²) in [4.78, 5) is 20.7. The molecule has 4 heteroatoms. The SMILES string of the molecule is CC(C)(C)c1cc2c3[nH]c4c(cc(C(C)(C)C)cc4c3c1)-c1cc(-c3ccccc3)cc(n1)-c1cc(-c3ccc(-c4ccccc4)cc3)cc(n1)-c1cc(-c3ccccc3)cc-2n1. The molecule has 0 spiro atoms. The topological polar surface area (TPSA) is 54.5 Å². The number of benzene rings is 6. The van der Waals surface area contributed by atoms with Gasteiger partial charge in [0.1, 0.15) is 0 Å². The van der Waals surface area contributed by atoms with Gasteiger partial charge in [-0.3, -0.25) is 0 Å². The lowest BCUT2D eigenvalue weighted by Crippen LogP contribution is -2.11. The summed E-state index contributed by atoms with van der Waals surface area (Å²) < 4.78 is 0. The number of H-pyrrole nitrogens is 1. The molecule has 0 aliphatic carbocycles.